The van der Waals surface area contributed by atoms with Crippen LogP contribution in [0.5, 0.6) is 0 Å². The molecule has 4 rings (SSSR count). The number of carbonyl (C=O) groups excluding carboxylic acids is 1. The van der Waals surface area contributed by atoms with E-state index in [0.29, 0.717) is 23.3 Å². The van der Waals surface area contributed by atoms with Gasteiger partial charge in [0.1, 0.15) is 0 Å². The maximum atomic E-state index is 12.5. The van der Waals surface area contributed by atoms with Gasteiger partial charge < -0.3 is 9.84 Å². The van der Waals surface area contributed by atoms with Gasteiger partial charge in [0, 0.05) is 23.0 Å². The molecule has 1 fully saturated rings. The fourth-order valence-electron chi connectivity index (χ4n) is 4.20. The fourth-order valence-corrected chi connectivity index (χ4v) is 4.33. The Bertz CT molecular complexity index is 870. The number of amides is 1. The van der Waals surface area contributed by atoms with E-state index in [9.17, 15) is 4.79 Å². The predicted molar refractivity (Wildman–Crippen MR) is 117 cm³/mol. The quantitative estimate of drug-likeness (QED) is 0.652. The highest BCUT2D eigenvalue weighted by atomic mass is 35.5. The molecule has 30 heavy (non-hydrogen) atoms. The summed E-state index contributed by atoms with van der Waals surface area (Å²) in [6.45, 7) is 3.10. The van der Waals surface area contributed by atoms with E-state index in [1.807, 2.05) is 24.3 Å². The molecule has 1 aromatic carbocycles. The number of halogens is 1. The molecule has 0 unspecified atom stereocenters. The van der Waals surface area contributed by atoms with Crippen LogP contribution < -0.4 is 5.32 Å². The molecule has 0 atom stereocenters. The largest absolute Gasteiger partial charge is 0.356 e. The number of hydrogen-bond donors (Lipinski definition) is 1. The van der Waals surface area contributed by atoms with E-state index >= 15 is 0 Å². The van der Waals surface area contributed by atoms with Gasteiger partial charge in [0.05, 0.1) is 6.54 Å². The van der Waals surface area contributed by atoms with Gasteiger partial charge in [-0.25, -0.2) is 0 Å². The third kappa shape index (κ3) is 5.70. The van der Waals surface area contributed by atoms with Crippen molar-refractivity contribution in [2.45, 2.75) is 51.5 Å². The van der Waals surface area contributed by atoms with Crippen molar-refractivity contribution >= 4 is 17.5 Å². The summed E-state index contributed by atoms with van der Waals surface area (Å²) in [7, 11) is 0. The fraction of sp³-hybridized carbons (Fsp3) is 0.522. The van der Waals surface area contributed by atoms with Gasteiger partial charge in [0.2, 0.25) is 17.6 Å². The summed E-state index contributed by atoms with van der Waals surface area (Å²) in [5.74, 6) is 1.48. The van der Waals surface area contributed by atoms with Crippen LogP contribution in [0.25, 0.3) is 11.4 Å². The summed E-state index contributed by atoms with van der Waals surface area (Å²) >= 11 is 5.93. The Morgan fingerprint density at radius 3 is 2.73 bits per heavy atom. The predicted octanol–water partition coefficient (Wildman–Crippen LogP) is 4.61. The summed E-state index contributed by atoms with van der Waals surface area (Å²) < 4.78 is 5.42. The van der Waals surface area contributed by atoms with Gasteiger partial charge in [-0.2, -0.15) is 4.98 Å². The van der Waals surface area contributed by atoms with Crippen LogP contribution in [0.2, 0.25) is 5.02 Å². The van der Waals surface area contributed by atoms with E-state index in [-0.39, 0.29) is 11.8 Å². The van der Waals surface area contributed by atoms with Crippen LogP contribution in [0, 0.1) is 5.92 Å². The molecule has 1 aromatic heterocycles. The highest BCUT2D eigenvalue weighted by Gasteiger charge is 2.26. The minimum atomic E-state index is 0.105. The molecule has 2 heterocycles. The number of allylic oxidation sites excluding steroid dienone is 1. The Morgan fingerprint density at radius 2 is 2.00 bits per heavy atom. The minimum Gasteiger partial charge on any atom is -0.356 e. The Kier molecular flexibility index (Phi) is 7.18. The van der Waals surface area contributed by atoms with Crippen LogP contribution in [0.3, 0.4) is 0 Å². The zero-order chi connectivity index (χ0) is 20.8. The normalized spacial score (nSPS) is 18.2. The summed E-state index contributed by atoms with van der Waals surface area (Å²) in [5, 5.41) is 7.89. The number of nitrogens with zero attached hydrogens (tertiary/aromatic N) is 3. The zero-order valence-corrected chi connectivity index (χ0v) is 18.0. The van der Waals surface area contributed by atoms with Crippen molar-refractivity contribution in [3.8, 4) is 11.4 Å². The lowest BCUT2D eigenvalue weighted by Crippen LogP contribution is -2.40. The molecule has 0 bridgehead atoms. The van der Waals surface area contributed by atoms with Gasteiger partial charge >= 0.3 is 0 Å². The molecular formula is C23H29ClN4O2. The summed E-state index contributed by atoms with van der Waals surface area (Å²) in [5.41, 5.74) is 2.39. The molecule has 7 heteroatoms. The van der Waals surface area contributed by atoms with E-state index in [0.717, 1.165) is 44.5 Å². The molecule has 2 aliphatic rings. The van der Waals surface area contributed by atoms with Gasteiger partial charge in [0.25, 0.3) is 0 Å². The van der Waals surface area contributed by atoms with Crippen molar-refractivity contribution in [3.63, 3.8) is 0 Å². The standard InChI is InChI=1S/C23H29ClN4O2/c24-20-8-6-18(7-9-20)22-26-21(30-27-22)16-28-14-11-19(12-15-28)23(29)25-13-10-17-4-2-1-3-5-17/h4,6-9,19H,1-3,5,10-16H2,(H,25,29). The van der Waals surface area contributed by atoms with Gasteiger partial charge in [-0.05, 0) is 82.3 Å². The van der Waals surface area contributed by atoms with Crippen LogP contribution in [0.15, 0.2) is 40.4 Å². The highest BCUT2D eigenvalue weighted by molar-refractivity contribution is 6.30. The molecule has 160 valence electrons. The number of piperidine rings is 1. The number of benzene rings is 1. The van der Waals surface area contributed by atoms with Crippen LogP contribution in [-0.4, -0.2) is 40.6 Å². The average Bonchev–Trinajstić information content (AvgIpc) is 3.24. The SMILES string of the molecule is O=C(NCCC1=CCCCC1)C1CCN(Cc2nc(-c3ccc(Cl)cc3)no2)CC1. The molecule has 6 nitrogen and oxygen atoms in total. The topological polar surface area (TPSA) is 71.3 Å². The van der Waals surface area contributed by atoms with Crippen LogP contribution in [0.4, 0.5) is 0 Å². The molecule has 1 amide bonds. The Balaban J connectivity index is 1.19. The molecule has 0 spiro atoms. The zero-order valence-electron chi connectivity index (χ0n) is 17.3. The summed E-state index contributed by atoms with van der Waals surface area (Å²) in [6, 6.07) is 7.39. The minimum absolute atomic E-state index is 0.105. The van der Waals surface area contributed by atoms with Gasteiger partial charge in [0.15, 0.2) is 0 Å². The lowest BCUT2D eigenvalue weighted by atomic mass is 9.95. The van der Waals surface area contributed by atoms with E-state index < -0.39 is 0 Å². The number of hydrogen-bond acceptors (Lipinski definition) is 5. The lowest BCUT2D eigenvalue weighted by Gasteiger charge is -2.30. The molecule has 2 aromatic rings. The molecule has 1 saturated heterocycles. The number of carbonyl (C=O) groups is 1. The number of likely N-dealkylation sites (tertiary alicyclic amines) is 1. The summed E-state index contributed by atoms with van der Waals surface area (Å²) in [6.07, 6.45) is 10.1. The Labute approximate surface area is 182 Å². The highest BCUT2D eigenvalue weighted by Crippen LogP contribution is 2.22. The second-order valence-corrected chi connectivity index (χ2v) is 8.65. The first-order valence-corrected chi connectivity index (χ1v) is 11.3. The number of nitrogens with one attached hydrogen (secondary N) is 1. The maximum Gasteiger partial charge on any atom is 0.241 e. The monoisotopic (exact) mass is 428 g/mol. The first-order valence-electron chi connectivity index (χ1n) is 10.9. The molecular weight excluding hydrogens is 400 g/mol. The molecule has 0 radical (unpaired) electrons. The molecule has 1 aliphatic heterocycles. The second kappa shape index (κ2) is 10.2. The first kappa shape index (κ1) is 21.1. The lowest BCUT2D eigenvalue weighted by molar-refractivity contribution is -0.126. The van der Waals surface area contributed by atoms with E-state index in [2.05, 4.69) is 26.4 Å². The molecule has 1 aliphatic carbocycles. The van der Waals surface area contributed by atoms with Crippen molar-refractivity contribution in [2.75, 3.05) is 19.6 Å². The van der Waals surface area contributed by atoms with Crippen LogP contribution in [-0.2, 0) is 11.3 Å². The van der Waals surface area contributed by atoms with E-state index in [4.69, 9.17) is 16.1 Å². The number of rotatable bonds is 7. The first-order chi connectivity index (χ1) is 14.7. The van der Waals surface area contributed by atoms with Crippen molar-refractivity contribution < 1.29 is 9.32 Å². The third-order valence-corrected chi connectivity index (χ3v) is 6.27. The third-order valence-electron chi connectivity index (χ3n) is 6.02. The smallest absolute Gasteiger partial charge is 0.241 e. The molecule has 1 N–H and O–H groups in total. The van der Waals surface area contributed by atoms with Crippen LogP contribution >= 0.6 is 11.6 Å². The van der Waals surface area contributed by atoms with E-state index in [1.165, 1.54) is 31.3 Å². The van der Waals surface area contributed by atoms with E-state index in [1.54, 1.807) is 0 Å². The summed E-state index contributed by atoms with van der Waals surface area (Å²) in [4.78, 5) is 19.3. The van der Waals surface area contributed by atoms with Crippen molar-refractivity contribution in [3.05, 3.63) is 46.8 Å². The second-order valence-electron chi connectivity index (χ2n) is 8.22. The van der Waals surface area contributed by atoms with Crippen molar-refractivity contribution in [1.29, 1.82) is 0 Å². The number of aromatic nitrogens is 2. The Morgan fingerprint density at radius 1 is 1.20 bits per heavy atom. The van der Waals surface area contributed by atoms with Crippen LogP contribution in [0.1, 0.15) is 50.8 Å². The van der Waals surface area contributed by atoms with Gasteiger partial charge in [-0.15, -0.1) is 0 Å². The Hall–Kier alpha value is -2.18. The molecule has 0 saturated carbocycles. The van der Waals surface area contributed by atoms with Gasteiger partial charge in [-0.1, -0.05) is 28.4 Å². The van der Waals surface area contributed by atoms with Gasteiger partial charge in [-0.3, -0.25) is 9.69 Å². The van der Waals surface area contributed by atoms with Crippen molar-refractivity contribution in [1.82, 2.24) is 20.4 Å². The maximum absolute atomic E-state index is 12.5. The van der Waals surface area contributed by atoms with Crippen molar-refractivity contribution in [2.24, 2.45) is 5.92 Å². The average molecular weight is 429 g/mol.